The molecule has 2 unspecified atom stereocenters. The predicted molar refractivity (Wildman–Crippen MR) is 87.2 cm³/mol. The largest absolute Gasteiger partial charge is 0.366 e. The number of rotatable bonds is 3. The summed E-state index contributed by atoms with van der Waals surface area (Å²) in [6.07, 6.45) is 1.09. The van der Waals surface area contributed by atoms with Crippen LogP contribution in [0.3, 0.4) is 0 Å². The van der Waals surface area contributed by atoms with Crippen LogP contribution in [0.1, 0.15) is 45.7 Å². The van der Waals surface area contributed by atoms with Gasteiger partial charge in [0.1, 0.15) is 10.7 Å². The highest BCUT2D eigenvalue weighted by molar-refractivity contribution is 7.16. The van der Waals surface area contributed by atoms with E-state index in [0.717, 1.165) is 22.8 Å². The standard InChI is InChI=1S/C17H15N3OS/c1-9-19-15(12-6-7-22-17(12)20-9)14-8-13(14)10-2-4-11(5-3-10)16(18)21/h2-7,13-14H,8H2,1H3,(H2,18,21). The van der Waals surface area contributed by atoms with Crippen molar-refractivity contribution in [2.75, 3.05) is 0 Å². The third-order valence-corrected chi connectivity index (χ3v) is 5.04. The summed E-state index contributed by atoms with van der Waals surface area (Å²) in [5.41, 5.74) is 8.25. The van der Waals surface area contributed by atoms with E-state index in [1.54, 1.807) is 23.5 Å². The van der Waals surface area contributed by atoms with Crippen LogP contribution >= 0.6 is 11.3 Å². The van der Waals surface area contributed by atoms with Gasteiger partial charge in [0.2, 0.25) is 5.91 Å². The molecule has 0 radical (unpaired) electrons. The molecule has 1 amide bonds. The number of aromatic nitrogens is 2. The van der Waals surface area contributed by atoms with Gasteiger partial charge >= 0.3 is 0 Å². The molecular weight excluding hydrogens is 294 g/mol. The molecule has 4 nitrogen and oxygen atoms in total. The molecule has 2 N–H and O–H groups in total. The zero-order valence-electron chi connectivity index (χ0n) is 12.1. The number of nitrogens with zero attached hydrogens (tertiary/aromatic N) is 2. The average molecular weight is 309 g/mol. The Bertz CT molecular complexity index is 869. The van der Waals surface area contributed by atoms with Gasteiger partial charge in [0.15, 0.2) is 0 Å². The second-order valence-electron chi connectivity index (χ2n) is 5.73. The van der Waals surface area contributed by atoms with Crippen molar-refractivity contribution in [2.45, 2.75) is 25.2 Å². The number of carbonyl (C=O) groups excluding carboxylic acids is 1. The summed E-state index contributed by atoms with van der Waals surface area (Å²) in [4.78, 5) is 21.4. The quantitative estimate of drug-likeness (QED) is 0.806. The number of carbonyl (C=O) groups is 1. The Kier molecular flexibility index (Phi) is 2.97. The minimum Gasteiger partial charge on any atom is -0.366 e. The number of nitrogens with two attached hydrogens (primary N) is 1. The van der Waals surface area contributed by atoms with Crippen LogP contribution in [0.2, 0.25) is 0 Å². The molecule has 1 aliphatic carbocycles. The van der Waals surface area contributed by atoms with E-state index in [0.29, 0.717) is 17.4 Å². The van der Waals surface area contributed by atoms with Gasteiger partial charge in [0.25, 0.3) is 0 Å². The molecule has 3 aromatic rings. The van der Waals surface area contributed by atoms with Crippen LogP contribution in [-0.4, -0.2) is 15.9 Å². The molecule has 0 spiro atoms. The van der Waals surface area contributed by atoms with Gasteiger partial charge in [-0.05, 0) is 48.4 Å². The first-order valence-electron chi connectivity index (χ1n) is 7.25. The Morgan fingerprint density at radius 3 is 2.68 bits per heavy atom. The van der Waals surface area contributed by atoms with E-state index in [1.807, 2.05) is 19.1 Å². The molecule has 2 aromatic heterocycles. The van der Waals surface area contributed by atoms with Crippen molar-refractivity contribution in [1.29, 1.82) is 0 Å². The Morgan fingerprint density at radius 2 is 1.95 bits per heavy atom. The van der Waals surface area contributed by atoms with Crippen molar-refractivity contribution in [1.82, 2.24) is 9.97 Å². The van der Waals surface area contributed by atoms with Crippen LogP contribution in [0.5, 0.6) is 0 Å². The number of aryl methyl sites for hydroxylation is 1. The van der Waals surface area contributed by atoms with Crippen molar-refractivity contribution in [3.8, 4) is 0 Å². The molecule has 5 heteroatoms. The summed E-state index contributed by atoms with van der Waals surface area (Å²) in [6.45, 7) is 1.95. The number of benzene rings is 1. The fraction of sp³-hybridized carbons (Fsp3) is 0.235. The smallest absolute Gasteiger partial charge is 0.248 e. The maximum absolute atomic E-state index is 11.1. The van der Waals surface area contributed by atoms with Gasteiger partial charge in [0.05, 0.1) is 5.69 Å². The summed E-state index contributed by atoms with van der Waals surface area (Å²) in [6, 6.07) is 9.73. The summed E-state index contributed by atoms with van der Waals surface area (Å²) in [7, 11) is 0. The normalized spacial score (nSPS) is 20.2. The zero-order valence-corrected chi connectivity index (χ0v) is 12.9. The molecule has 1 aliphatic rings. The minimum atomic E-state index is -0.384. The van der Waals surface area contributed by atoms with Crippen LogP contribution in [0.25, 0.3) is 10.2 Å². The van der Waals surface area contributed by atoms with Gasteiger partial charge < -0.3 is 5.73 Å². The summed E-state index contributed by atoms with van der Waals surface area (Å²) in [5, 5.41) is 3.25. The van der Waals surface area contributed by atoms with Crippen molar-refractivity contribution >= 4 is 27.5 Å². The molecule has 22 heavy (non-hydrogen) atoms. The van der Waals surface area contributed by atoms with Gasteiger partial charge in [-0.3, -0.25) is 4.79 Å². The monoisotopic (exact) mass is 309 g/mol. The summed E-state index contributed by atoms with van der Waals surface area (Å²) >= 11 is 1.66. The van der Waals surface area contributed by atoms with Gasteiger partial charge in [0, 0.05) is 16.9 Å². The molecule has 2 heterocycles. The number of thiophene rings is 1. The molecule has 2 atom stereocenters. The van der Waals surface area contributed by atoms with Crippen molar-refractivity contribution in [2.24, 2.45) is 5.73 Å². The first kappa shape index (κ1) is 13.4. The number of primary amides is 1. The van der Waals surface area contributed by atoms with Crippen LogP contribution in [0, 0.1) is 6.92 Å². The molecular formula is C17H15N3OS. The van der Waals surface area contributed by atoms with Crippen molar-refractivity contribution in [3.05, 3.63) is 58.4 Å². The molecule has 4 rings (SSSR count). The van der Waals surface area contributed by atoms with E-state index >= 15 is 0 Å². The number of amides is 1. The van der Waals surface area contributed by atoms with Crippen LogP contribution in [-0.2, 0) is 0 Å². The lowest BCUT2D eigenvalue weighted by atomic mass is 10.0. The highest BCUT2D eigenvalue weighted by atomic mass is 32.1. The van der Waals surface area contributed by atoms with Crippen LogP contribution in [0.15, 0.2) is 35.7 Å². The first-order valence-corrected chi connectivity index (χ1v) is 8.13. The lowest BCUT2D eigenvalue weighted by molar-refractivity contribution is 0.100. The van der Waals surface area contributed by atoms with E-state index in [-0.39, 0.29) is 5.91 Å². The Hall–Kier alpha value is -2.27. The maximum Gasteiger partial charge on any atom is 0.248 e. The Morgan fingerprint density at radius 1 is 1.18 bits per heavy atom. The molecule has 1 fully saturated rings. The number of hydrogen-bond acceptors (Lipinski definition) is 4. The summed E-state index contributed by atoms with van der Waals surface area (Å²) < 4.78 is 0. The molecule has 0 aliphatic heterocycles. The molecule has 110 valence electrons. The Labute approximate surface area is 132 Å². The summed E-state index contributed by atoms with van der Waals surface area (Å²) in [5.74, 6) is 1.36. The van der Waals surface area contributed by atoms with Gasteiger partial charge in [-0.15, -0.1) is 11.3 Å². The SMILES string of the molecule is Cc1nc(C2CC2c2ccc(C(N)=O)cc2)c2ccsc2n1. The average Bonchev–Trinajstić information content (AvgIpc) is 3.17. The highest BCUT2D eigenvalue weighted by Gasteiger charge is 2.41. The Balaban J connectivity index is 1.66. The fourth-order valence-electron chi connectivity index (χ4n) is 3.03. The maximum atomic E-state index is 11.1. The van der Waals surface area contributed by atoms with Crippen LogP contribution in [0.4, 0.5) is 0 Å². The fourth-order valence-corrected chi connectivity index (χ4v) is 3.85. The second kappa shape index (κ2) is 4.88. The van der Waals surface area contributed by atoms with E-state index in [1.165, 1.54) is 10.9 Å². The third kappa shape index (κ3) is 2.18. The second-order valence-corrected chi connectivity index (χ2v) is 6.63. The molecule has 1 saturated carbocycles. The van der Waals surface area contributed by atoms with Gasteiger partial charge in [-0.2, -0.15) is 0 Å². The van der Waals surface area contributed by atoms with E-state index in [9.17, 15) is 4.79 Å². The predicted octanol–water partition coefficient (Wildman–Crippen LogP) is 3.37. The van der Waals surface area contributed by atoms with E-state index < -0.39 is 0 Å². The van der Waals surface area contributed by atoms with Crippen LogP contribution < -0.4 is 5.73 Å². The highest BCUT2D eigenvalue weighted by Crippen LogP contribution is 2.55. The molecule has 0 bridgehead atoms. The lowest BCUT2D eigenvalue weighted by Gasteiger charge is -2.04. The molecule has 1 aromatic carbocycles. The van der Waals surface area contributed by atoms with Crippen molar-refractivity contribution < 1.29 is 4.79 Å². The first-order chi connectivity index (χ1) is 10.6. The van der Waals surface area contributed by atoms with E-state index in [2.05, 4.69) is 21.4 Å². The topological polar surface area (TPSA) is 68.9 Å². The minimum absolute atomic E-state index is 0.384. The third-order valence-electron chi connectivity index (χ3n) is 4.23. The van der Waals surface area contributed by atoms with Gasteiger partial charge in [-0.25, -0.2) is 9.97 Å². The van der Waals surface area contributed by atoms with Gasteiger partial charge in [-0.1, -0.05) is 12.1 Å². The molecule has 0 saturated heterocycles. The number of hydrogen-bond donors (Lipinski definition) is 1. The van der Waals surface area contributed by atoms with Crippen molar-refractivity contribution in [3.63, 3.8) is 0 Å². The zero-order chi connectivity index (χ0) is 15.3. The van der Waals surface area contributed by atoms with E-state index in [4.69, 9.17) is 5.73 Å². The number of fused-ring (bicyclic) bond motifs is 1. The lowest BCUT2D eigenvalue weighted by Crippen LogP contribution is -2.10.